The maximum absolute atomic E-state index is 2.30. The standard InChI is InChI=1S/C18H28/c1-2-3-5-8-16-11-13-18(14-12-16)15-17-9-6-4-7-10-17/h4,6-7,9-10,16,18H,2-3,5,8,11-15H2,1H3. The molecule has 1 fully saturated rings. The molecule has 100 valence electrons. The third-order valence-corrected chi connectivity index (χ3v) is 4.55. The van der Waals surface area contributed by atoms with E-state index in [0.29, 0.717) is 0 Å². The van der Waals surface area contributed by atoms with E-state index >= 15 is 0 Å². The Morgan fingerprint density at radius 2 is 1.56 bits per heavy atom. The highest BCUT2D eigenvalue weighted by atomic mass is 14.3. The molecule has 2 rings (SSSR count). The first-order valence-corrected chi connectivity index (χ1v) is 7.92. The lowest BCUT2D eigenvalue weighted by atomic mass is 9.77. The van der Waals surface area contributed by atoms with Crippen LogP contribution in [0, 0.1) is 11.8 Å². The molecule has 0 aromatic heterocycles. The van der Waals surface area contributed by atoms with Gasteiger partial charge in [0.15, 0.2) is 0 Å². The molecule has 0 amide bonds. The summed E-state index contributed by atoms with van der Waals surface area (Å²) in [5, 5.41) is 0. The van der Waals surface area contributed by atoms with Crippen LogP contribution in [0.15, 0.2) is 30.3 Å². The Balaban J connectivity index is 1.67. The summed E-state index contributed by atoms with van der Waals surface area (Å²) in [6, 6.07) is 11.0. The zero-order valence-electron chi connectivity index (χ0n) is 11.9. The van der Waals surface area contributed by atoms with Crippen molar-refractivity contribution < 1.29 is 0 Å². The van der Waals surface area contributed by atoms with Gasteiger partial charge in [-0.1, -0.05) is 75.8 Å². The van der Waals surface area contributed by atoms with Gasteiger partial charge in [0.25, 0.3) is 0 Å². The van der Waals surface area contributed by atoms with Crippen molar-refractivity contribution in [1.29, 1.82) is 0 Å². The van der Waals surface area contributed by atoms with Crippen molar-refractivity contribution in [3.63, 3.8) is 0 Å². The molecule has 1 aliphatic rings. The lowest BCUT2D eigenvalue weighted by Crippen LogP contribution is -2.16. The quantitative estimate of drug-likeness (QED) is 0.570. The van der Waals surface area contributed by atoms with E-state index < -0.39 is 0 Å². The van der Waals surface area contributed by atoms with Crippen LogP contribution >= 0.6 is 0 Å². The van der Waals surface area contributed by atoms with Crippen molar-refractivity contribution in [2.24, 2.45) is 11.8 Å². The molecule has 0 spiro atoms. The van der Waals surface area contributed by atoms with Crippen LogP contribution in [0.1, 0.15) is 63.9 Å². The average Bonchev–Trinajstić information content (AvgIpc) is 2.42. The van der Waals surface area contributed by atoms with E-state index in [-0.39, 0.29) is 0 Å². The normalized spacial score (nSPS) is 24.1. The summed E-state index contributed by atoms with van der Waals surface area (Å²) >= 11 is 0. The van der Waals surface area contributed by atoms with Crippen LogP contribution in [0.2, 0.25) is 0 Å². The molecule has 0 saturated heterocycles. The topological polar surface area (TPSA) is 0 Å². The molecule has 0 N–H and O–H groups in total. The van der Waals surface area contributed by atoms with Crippen molar-refractivity contribution in [2.75, 3.05) is 0 Å². The second kappa shape index (κ2) is 7.61. The highest BCUT2D eigenvalue weighted by molar-refractivity contribution is 5.15. The van der Waals surface area contributed by atoms with Gasteiger partial charge in [-0.2, -0.15) is 0 Å². The molecule has 0 heterocycles. The molecule has 0 unspecified atom stereocenters. The van der Waals surface area contributed by atoms with Gasteiger partial charge in [0.2, 0.25) is 0 Å². The van der Waals surface area contributed by atoms with E-state index in [1.807, 2.05) is 0 Å². The fourth-order valence-electron chi connectivity index (χ4n) is 3.35. The van der Waals surface area contributed by atoms with Crippen LogP contribution in [-0.2, 0) is 6.42 Å². The first-order chi connectivity index (χ1) is 8.88. The molecule has 1 saturated carbocycles. The summed E-state index contributed by atoms with van der Waals surface area (Å²) in [6.45, 7) is 2.30. The summed E-state index contributed by atoms with van der Waals surface area (Å²) in [5.74, 6) is 2.00. The molecular formula is C18H28. The fraction of sp³-hybridized carbons (Fsp3) is 0.667. The van der Waals surface area contributed by atoms with Crippen LogP contribution in [0.3, 0.4) is 0 Å². The monoisotopic (exact) mass is 244 g/mol. The van der Waals surface area contributed by atoms with Crippen LogP contribution in [0.5, 0.6) is 0 Å². The molecule has 0 atom stereocenters. The van der Waals surface area contributed by atoms with Crippen LogP contribution in [0.25, 0.3) is 0 Å². The summed E-state index contributed by atoms with van der Waals surface area (Å²) in [7, 11) is 0. The molecular weight excluding hydrogens is 216 g/mol. The number of rotatable bonds is 6. The highest BCUT2D eigenvalue weighted by Crippen LogP contribution is 2.33. The summed E-state index contributed by atoms with van der Waals surface area (Å²) < 4.78 is 0. The van der Waals surface area contributed by atoms with Gasteiger partial charge in [0, 0.05) is 0 Å². The van der Waals surface area contributed by atoms with Gasteiger partial charge in [0.1, 0.15) is 0 Å². The minimum Gasteiger partial charge on any atom is -0.0654 e. The lowest BCUT2D eigenvalue weighted by molar-refractivity contribution is 0.257. The van der Waals surface area contributed by atoms with Gasteiger partial charge >= 0.3 is 0 Å². The average molecular weight is 244 g/mol. The summed E-state index contributed by atoms with van der Waals surface area (Å²) in [4.78, 5) is 0. The van der Waals surface area contributed by atoms with Crippen LogP contribution in [-0.4, -0.2) is 0 Å². The van der Waals surface area contributed by atoms with Gasteiger partial charge in [-0.15, -0.1) is 0 Å². The minimum absolute atomic E-state index is 0.954. The highest BCUT2D eigenvalue weighted by Gasteiger charge is 2.20. The molecule has 1 aromatic rings. The summed E-state index contributed by atoms with van der Waals surface area (Å²) in [5.41, 5.74) is 1.53. The van der Waals surface area contributed by atoms with Crippen molar-refractivity contribution in [3.8, 4) is 0 Å². The Morgan fingerprint density at radius 1 is 0.889 bits per heavy atom. The summed E-state index contributed by atoms with van der Waals surface area (Å²) in [6.07, 6.45) is 13.0. The molecule has 18 heavy (non-hydrogen) atoms. The second-order valence-electron chi connectivity index (χ2n) is 6.07. The lowest BCUT2D eigenvalue weighted by Gasteiger charge is -2.28. The number of hydrogen-bond donors (Lipinski definition) is 0. The van der Waals surface area contributed by atoms with Crippen molar-refractivity contribution in [3.05, 3.63) is 35.9 Å². The number of unbranched alkanes of at least 4 members (excludes halogenated alkanes) is 2. The van der Waals surface area contributed by atoms with Gasteiger partial charge < -0.3 is 0 Å². The molecule has 1 aromatic carbocycles. The molecule has 1 aliphatic carbocycles. The van der Waals surface area contributed by atoms with Gasteiger partial charge in [-0.3, -0.25) is 0 Å². The Bertz CT molecular complexity index is 306. The predicted molar refractivity (Wildman–Crippen MR) is 79.7 cm³/mol. The first kappa shape index (κ1) is 13.6. The SMILES string of the molecule is CCCCCC1CCC(Cc2ccccc2)CC1. The Labute approximate surface area is 113 Å². The Morgan fingerprint density at radius 3 is 2.22 bits per heavy atom. The first-order valence-electron chi connectivity index (χ1n) is 7.92. The van der Waals surface area contributed by atoms with E-state index in [1.165, 1.54) is 63.4 Å². The van der Waals surface area contributed by atoms with E-state index in [2.05, 4.69) is 37.3 Å². The van der Waals surface area contributed by atoms with E-state index in [1.54, 1.807) is 0 Å². The number of hydrogen-bond acceptors (Lipinski definition) is 0. The van der Waals surface area contributed by atoms with E-state index in [4.69, 9.17) is 0 Å². The molecule has 0 nitrogen and oxygen atoms in total. The van der Waals surface area contributed by atoms with Crippen molar-refractivity contribution in [1.82, 2.24) is 0 Å². The van der Waals surface area contributed by atoms with Gasteiger partial charge in [-0.25, -0.2) is 0 Å². The predicted octanol–water partition coefficient (Wildman–Crippen LogP) is 5.62. The molecule has 0 aliphatic heterocycles. The zero-order chi connectivity index (χ0) is 12.6. The molecule has 0 heteroatoms. The maximum Gasteiger partial charge on any atom is -0.0250 e. The molecule has 0 bridgehead atoms. The third kappa shape index (κ3) is 4.48. The van der Waals surface area contributed by atoms with Gasteiger partial charge in [-0.05, 0) is 36.7 Å². The zero-order valence-corrected chi connectivity index (χ0v) is 11.9. The smallest absolute Gasteiger partial charge is 0.0250 e. The Kier molecular flexibility index (Phi) is 5.77. The maximum atomic E-state index is 2.30. The number of benzene rings is 1. The minimum atomic E-state index is 0.954. The van der Waals surface area contributed by atoms with Crippen molar-refractivity contribution in [2.45, 2.75) is 64.7 Å². The van der Waals surface area contributed by atoms with Crippen LogP contribution in [0.4, 0.5) is 0 Å². The van der Waals surface area contributed by atoms with E-state index in [9.17, 15) is 0 Å². The van der Waals surface area contributed by atoms with Crippen LogP contribution < -0.4 is 0 Å². The largest absolute Gasteiger partial charge is 0.0654 e. The van der Waals surface area contributed by atoms with Gasteiger partial charge in [0.05, 0.1) is 0 Å². The van der Waals surface area contributed by atoms with E-state index in [0.717, 1.165) is 11.8 Å². The third-order valence-electron chi connectivity index (χ3n) is 4.55. The second-order valence-corrected chi connectivity index (χ2v) is 6.07. The fourth-order valence-corrected chi connectivity index (χ4v) is 3.35. The molecule has 0 radical (unpaired) electrons. The Hall–Kier alpha value is -0.780. The van der Waals surface area contributed by atoms with Crippen molar-refractivity contribution >= 4 is 0 Å².